The van der Waals surface area contributed by atoms with Gasteiger partial charge in [-0.05, 0) is 43.9 Å². The topological polar surface area (TPSA) is 25.4 Å². The summed E-state index contributed by atoms with van der Waals surface area (Å²) in [7, 11) is 1.69. The van der Waals surface area contributed by atoms with Crippen molar-refractivity contribution < 1.29 is 4.74 Å². The van der Waals surface area contributed by atoms with E-state index in [1.807, 2.05) is 24.4 Å². The summed E-state index contributed by atoms with van der Waals surface area (Å²) in [6.07, 6.45) is 2.81. The summed E-state index contributed by atoms with van der Waals surface area (Å²) in [4.78, 5) is 6.88. The Morgan fingerprint density at radius 2 is 2.10 bits per heavy atom. The van der Waals surface area contributed by atoms with Gasteiger partial charge in [0.05, 0.1) is 7.11 Å². The van der Waals surface area contributed by atoms with Gasteiger partial charge >= 0.3 is 0 Å². The fourth-order valence-electron chi connectivity index (χ4n) is 2.33. The number of halogens is 1. The molecule has 0 radical (unpaired) electrons. The first-order valence-corrected chi connectivity index (χ1v) is 7.46. The highest BCUT2D eigenvalue weighted by Gasteiger charge is 2.15. The predicted molar refractivity (Wildman–Crippen MR) is 86.1 cm³/mol. The highest BCUT2D eigenvalue weighted by atomic mass is 35.5. The Hall–Kier alpha value is -1.48. The molecule has 2 aromatic rings. The monoisotopic (exact) mass is 292 g/mol. The molecule has 1 aromatic carbocycles. The van der Waals surface area contributed by atoms with Crippen molar-refractivity contribution in [3.8, 4) is 5.75 Å². The van der Waals surface area contributed by atoms with Gasteiger partial charge in [-0.1, -0.05) is 6.07 Å². The summed E-state index contributed by atoms with van der Waals surface area (Å²) < 4.78 is 5.33. The van der Waals surface area contributed by atoms with Crippen LogP contribution in [0.2, 0.25) is 0 Å². The molecule has 0 bridgehead atoms. The molecular formula is C16H21ClN2O. The van der Waals surface area contributed by atoms with E-state index in [1.165, 1.54) is 5.39 Å². The van der Waals surface area contributed by atoms with Crippen LogP contribution >= 0.6 is 11.6 Å². The molecule has 20 heavy (non-hydrogen) atoms. The highest BCUT2D eigenvalue weighted by molar-refractivity contribution is 6.17. The second-order valence-electron chi connectivity index (χ2n) is 5.05. The number of hydrogen-bond donors (Lipinski definition) is 0. The molecule has 0 fully saturated rings. The molecule has 4 heteroatoms. The molecule has 1 heterocycles. The van der Waals surface area contributed by atoms with Crippen LogP contribution in [0.15, 0.2) is 30.5 Å². The number of pyridine rings is 1. The molecule has 1 aromatic heterocycles. The number of fused-ring (bicyclic) bond motifs is 1. The molecule has 0 atom stereocenters. The largest absolute Gasteiger partial charge is 0.497 e. The van der Waals surface area contributed by atoms with Gasteiger partial charge < -0.3 is 9.64 Å². The van der Waals surface area contributed by atoms with E-state index < -0.39 is 0 Å². The second kappa shape index (κ2) is 6.80. The number of rotatable bonds is 6. The molecule has 0 saturated carbocycles. The quantitative estimate of drug-likeness (QED) is 0.750. The molecule has 0 aliphatic rings. The van der Waals surface area contributed by atoms with Crippen LogP contribution in [0.5, 0.6) is 5.75 Å². The average molecular weight is 293 g/mol. The van der Waals surface area contributed by atoms with Crippen molar-refractivity contribution in [3.63, 3.8) is 0 Å². The van der Waals surface area contributed by atoms with Crippen molar-refractivity contribution in [1.82, 2.24) is 4.98 Å². The predicted octanol–water partition coefficient (Wildman–Crippen LogP) is 4.09. The number of methoxy groups -OCH3 is 1. The molecule has 0 aliphatic carbocycles. The molecule has 0 aliphatic heterocycles. The number of hydrogen-bond acceptors (Lipinski definition) is 3. The maximum absolute atomic E-state index is 5.84. The molecule has 2 rings (SSSR count). The Kier molecular flexibility index (Phi) is 5.07. The number of alkyl halides is 1. The van der Waals surface area contributed by atoms with Gasteiger partial charge in [0.15, 0.2) is 0 Å². The zero-order valence-electron chi connectivity index (χ0n) is 12.3. The van der Waals surface area contributed by atoms with Gasteiger partial charge in [0.1, 0.15) is 11.6 Å². The molecule has 0 unspecified atom stereocenters. The molecule has 0 spiro atoms. The number of benzene rings is 1. The Labute approximate surface area is 125 Å². The van der Waals surface area contributed by atoms with Crippen molar-refractivity contribution in [3.05, 3.63) is 30.5 Å². The maximum Gasteiger partial charge on any atom is 0.136 e. The first-order chi connectivity index (χ1) is 9.67. The molecule has 0 amide bonds. The highest BCUT2D eigenvalue weighted by Crippen LogP contribution is 2.29. The fraction of sp³-hybridized carbons (Fsp3) is 0.438. The Bertz CT molecular complexity index is 571. The van der Waals surface area contributed by atoms with E-state index in [0.717, 1.165) is 29.9 Å². The summed E-state index contributed by atoms with van der Waals surface area (Å²) in [5.74, 6) is 2.52. The number of ether oxygens (including phenoxy) is 1. The van der Waals surface area contributed by atoms with Gasteiger partial charge in [0, 0.05) is 30.0 Å². The molecule has 0 saturated heterocycles. The van der Waals surface area contributed by atoms with E-state index in [1.54, 1.807) is 7.11 Å². The first kappa shape index (κ1) is 14.9. The van der Waals surface area contributed by atoms with E-state index in [2.05, 4.69) is 29.8 Å². The van der Waals surface area contributed by atoms with E-state index in [9.17, 15) is 0 Å². The Morgan fingerprint density at radius 1 is 1.30 bits per heavy atom. The van der Waals surface area contributed by atoms with Crippen LogP contribution in [0, 0.1) is 0 Å². The van der Waals surface area contributed by atoms with Gasteiger partial charge in [-0.2, -0.15) is 0 Å². The standard InChI is InChI=1S/C16H21ClN2O/c1-12(2)19(10-4-8-17)16-15-11-14(20-3)6-5-13(15)7-9-18-16/h5-7,9,11-12H,4,8,10H2,1-3H3. The van der Waals surface area contributed by atoms with Gasteiger partial charge in [-0.15, -0.1) is 11.6 Å². The minimum absolute atomic E-state index is 0.377. The number of nitrogens with zero attached hydrogens (tertiary/aromatic N) is 2. The van der Waals surface area contributed by atoms with Crippen molar-refractivity contribution >= 4 is 28.2 Å². The van der Waals surface area contributed by atoms with Crippen LogP contribution in [-0.4, -0.2) is 30.6 Å². The van der Waals surface area contributed by atoms with Crippen LogP contribution in [0.1, 0.15) is 20.3 Å². The van der Waals surface area contributed by atoms with Crippen LogP contribution < -0.4 is 9.64 Å². The van der Waals surface area contributed by atoms with E-state index >= 15 is 0 Å². The lowest BCUT2D eigenvalue weighted by atomic mass is 10.1. The summed E-state index contributed by atoms with van der Waals surface area (Å²) in [6.45, 7) is 5.26. The van der Waals surface area contributed by atoms with Crippen LogP contribution in [0.3, 0.4) is 0 Å². The van der Waals surface area contributed by atoms with Crippen molar-refractivity contribution in [1.29, 1.82) is 0 Å². The molecular weight excluding hydrogens is 272 g/mol. The zero-order chi connectivity index (χ0) is 14.5. The Morgan fingerprint density at radius 3 is 2.75 bits per heavy atom. The van der Waals surface area contributed by atoms with E-state index in [0.29, 0.717) is 11.9 Å². The average Bonchev–Trinajstić information content (AvgIpc) is 2.47. The summed E-state index contributed by atoms with van der Waals surface area (Å²) in [5.41, 5.74) is 0. The van der Waals surface area contributed by atoms with E-state index in [4.69, 9.17) is 16.3 Å². The van der Waals surface area contributed by atoms with Crippen molar-refractivity contribution in [2.45, 2.75) is 26.3 Å². The third kappa shape index (κ3) is 3.15. The molecule has 108 valence electrons. The normalized spacial score (nSPS) is 11.1. The van der Waals surface area contributed by atoms with Crippen LogP contribution in [0.4, 0.5) is 5.82 Å². The lowest BCUT2D eigenvalue weighted by molar-refractivity contribution is 0.415. The van der Waals surface area contributed by atoms with Crippen LogP contribution in [0.25, 0.3) is 10.8 Å². The van der Waals surface area contributed by atoms with Crippen LogP contribution in [-0.2, 0) is 0 Å². The Balaban J connectivity index is 2.49. The lowest BCUT2D eigenvalue weighted by Crippen LogP contribution is -2.32. The number of anilines is 1. The van der Waals surface area contributed by atoms with Crippen molar-refractivity contribution in [2.75, 3.05) is 24.4 Å². The van der Waals surface area contributed by atoms with Gasteiger partial charge in [-0.25, -0.2) is 4.98 Å². The van der Waals surface area contributed by atoms with Gasteiger partial charge in [0.2, 0.25) is 0 Å². The number of aromatic nitrogens is 1. The fourth-order valence-corrected chi connectivity index (χ4v) is 2.45. The van der Waals surface area contributed by atoms with Gasteiger partial charge in [0.25, 0.3) is 0 Å². The summed E-state index contributed by atoms with van der Waals surface area (Å²) in [5, 5.41) is 2.29. The summed E-state index contributed by atoms with van der Waals surface area (Å²) >= 11 is 5.84. The maximum atomic E-state index is 5.84. The summed E-state index contributed by atoms with van der Waals surface area (Å²) in [6, 6.07) is 8.50. The first-order valence-electron chi connectivity index (χ1n) is 6.92. The second-order valence-corrected chi connectivity index (χ2v) is 5.43. The minimum atomic E-state index is 0.377. The third-order valence-corrected chi connectivity index (χ3v) is 3.65. The van der Waals surface area contributed by atoms with Crippen molar-refractivity contribution in [2.24, 2.45) is 0 Å². The molecule has 0 N–H and O–H groups in total. The SMILES string of the molecule is COc1ccc2ccnc(N(CCCCl)C(C)C)c2c1. The van der Waals surface area contributed by atoms with Gasteiger partial charge in [-0.3, -0.25) is 0 Å². The third-order valence-electron chi connectivity index (χ3n) is 3.38. The lowest BCUT2D eigenvalue weighted by Gasteiger charge is -2.28. The smallest absolute Gasteiger partial charge is 0.136 e. The van der Waals surface area contributed by atoms with E-state index in [-0.39, 0.29) is 0 Å². The zero-order valence-corrected chi connectivity index (χ0v) is 13.0. The molecule has 3 nitrogen and oxygen atoms in total. The minimum Gasteiger partial charge on any atom is -0.497 e.